The second-order valence-electron chi connectivity index (χ2n) is 7.61. The predicted molar refractivity (Wildman–Crippen MR) is 103 cm³/mol. The number of carbonyl (C=O) groups excluding carboxylic acids is 1. The van der Waals surface area contributed by atoms with Crippen LogP contribution in [0.2, 0.25) is 0 Å². The van der Waals surface area contributed by atoms with Crippen molar-refractivity contribution in [3.63, 3.8) is 0 Å². The number of amides is 1. The highest BCUT2D eigenvalue weighted by molar-refractivity contribution is 7.90. The summed E-state index contributed by atoms with van der Waals surface area (Å²) < 4.78 is 61.9. The van der Waals surface area contributed by atoms with Gasteiger partial charge in [0.05, 0.1) is 0 Å². The molecule has 1 saturated carbocycles. The SMILES string of the molecule is O=C(c1cccc2c(C3CC3)cccc12)N1CCC[C@H]1CNS(=O)(=O)C(F)(F)F. The van der Waals surface area contributed by atoms with Gasteiger partial charge in [0.15, 0.2) is 0 Å². The molecule has 5 nitrogen and oxygen atoms in total. The van der Waals surface area contributed by atoms with E-state index < -0.39 is 28.1 Å². The van der Waals surface area contributed by atoms with Gasteiger partial charge in [0, 0.05) is 24.7 Å². The Morgan fingerprint density at radius 1 is 1.07 bits per heavy atom. The minimum atomic E-state index is -5.43. The lowest BCUT2D eigenvalue weighted by Gasteiger charge is -2.26. The van der Waals surface area contributed by atoms with Crippen molar-refractivity contribution < 1.29 is 26.4 Å². The standard InChI is InChI=1S/C20H21F3N2O3S/c21-20(22,23)29(27,28)24-12-14-4-3-11-25(14)19(26)18-8-2-6-16-15(13-9-10-13)5-1-7-17(16)18/h1-2,5-8,13-14,24H,3-4,9-12H2/t14-/m0/s1. The van der Waals surface area contributed by atoms with Gasteiger partial charge in [-0.25, -0.2) is 13.1 Å². The molecular formula is C20H21F3N2O3S. The van der Waals surface area contributed by atoms with Crippen molar-refractivity contribution in [2.24, 2.45) is 0 Å². The van der Waals surface area contributed by atoms with Crippen molar-refractivity contribution in [1.82, 2.24) is 9.62 Å². The Balaban J connectivity index is 1.58. The van der Waals surface area contributed by atoms with Gasteiger partial charge in [0.1, 0.15) is 0 Å². The first-order chi connectivity index (χ1) is 13.7. The first-order valence-electron chi connectivity index (χ1n) is 9.57. The Morgan fingerprint density at radius 2 is 1.76 bits per heavy atom. The molecule has 0 bridgehead atoms. The van der Waals surface area contributed by atoms with Crippen molar-refractivity contribution in [1.29, 1.82) is 0 Å². The molecule has 1 heterocycles. The third-order valence-corrected chi connectivity index (χ3v) is 6.81. The molecule has 29 heavy (non-hydrogen) atoms. The number of rotatable bonds is 5. The first-order valence-corrected chi connectivity index (χ1v) is 11.1. The van der Waals surface area contributed by atoms with E-state index in [0.29, 0.717) is 30.9 Å². The number of sulfonamides is 1. The van der Waals surface area contributed by atoms with Crippen LogP contribution in [0.3, 0.4) is 0 Å². The van der Waals surface area contributed by atoms with Gasteiger partial charge < -0.3 is 4.90 Å². The average Bonchev–Trinajstić information content (AvgIpc) is 3.41. The summed E-state index contributed by atoms with van der Waals surface area (Å²) in [6.45, 7) is -0.0678. The molecule has 1 amide bonds. The molecule has 1 aliphatic heterocycles. The van der Waals surface area contributed by atoms with E-state index in [0.717, 1.165) is 23.6 Å². The van der Waals surface area contributed by atoms with Crippen LogP contribution < -0.4 is 4.72 Å². The lowest BCUT2D eigenvalue weighted by atomic mass is 9.97. The zero-order valence-corrected chi connectivity index (χ0v) is 16.4. The van der Waals surface area contributed by atoms with Crippen molar-refractivity contribution in [3.05, 3.63) is 47.5 Å². The van der Waals surface area contributed by atoms with Crippen LogP contribution in [0.4, 0.5) is 13.2 Å². The second kappa shape index (κ2) is 7.28. The summed E-state index contributed by atoms with van der Waals surface area (Å²) in [5.41, 5.74) is -3.65. The highest BCUT2D eigenvalue weighted by Gasteiger charge is 2.46. The number of alkyl halides is 3. The summed E-state index contributed by atoms with van der Waals surface area (Å²) in [6, 6.07) is 10.8. The number of halogens is 3. The largest absolute Gasteiger partial charge is 0.511 e. The summed E-state index contributed by atoms with van der Waals surface area (Å²) in [7, 11) is -5.43. The summed E-state index contributed by atoms with van der Waals surface area (Å²) in [5, 5.41) is 1.85. The average molecular weight is 426 g/mol. The summed E-state index contributed by atoms with van der Waals surface area (Å²) in [5.74, 6) is 0.234. The van der Waals surface area contributed by atoms with Gasteiger partial charge >= 0.3 is 15.5 Å². The van der Waals surface area contributed by atoms with Crippen LogP contribution in [0.15, 0.2) is 36.4 Å². The van der Waals surface area contributed by atoms with Crippen molar-refractivity contribution in [3.8, 4) is 0 Å². The summed E-state index contributed by atoms with van der Waals surface area (Å²) in [6.07, 6.45) is 3.32. The highest BCUT2D eigenvalue weighted by Crippen LogP contribution is 2.43. The number of likely N-dealkylation sites (tertiary alicyclic amines) is 1. The second-order valence-corrected chi connectivity index (χ2v) is 9.37. The molecule has 2 aromatic rings. The van der Waals surface area contributed by atoms with Gasteiger partial charge in [0.25, 0.3) is 5.91 Å². The zero-order chi connectivity index (χ0) is 20.8. The van der Waals surface area contributed by atoms with E-state index in [4.69, 9.17) is 0 Å². The minimum Gasteiger partial charge on any atom is -0.334 e. The van der Waals surface area contributed by atoms with E-state index >= 15 is 0 Å². The lowest BCUT2D eigenvalue weighted by Crippen LogP contribution is -2.46. The smallest absolute Gasteiger partial charge is 0.334 e. The molecule has 4 rings (SSSR count). The molecule has 1 aliphatic carbocycles. The molecule has 1 saturated heterocycles. The maximum absolute atomic E-state index is 13.2. The van der Waals surface area contributed by atoms with Crippen LogP contribution in [-0.2, 0) is 10.0 Å². The molecule has 9 heteroatoms. The molecule has 1 atom stereocenters. The van der Waals surface area contributed by atoms with Gasteiger partial charge in [-0.1, -0.05) is 30.3 Å². The molecular weight excluding hydrogens is 405 g/mol. The Bertz CT molecular complexity index is 1050. The van der Waals surface area contributed by atoms with Crippen LogP contribution in [0.5, 0.6) is 0 Å². The van der Waals surface area contributed by atoms with E-state index in [2.05, 4.69) is 6.07 Å². The number of carbonyl (C=O) groups is 1. The molecule has 0 spiro atoms. The summed E-state index contributed by atoms with van der Waals surface area (Å²) in [4.78, 5) is 14.7. The molecule has 1 N–H and O–H groups in total. The predicted octanol–water partition coefficient (Wildman–Crippen LogP) is 3.76. The van der Waals surface area contributed by atoms with Gasteiger partial charge in [-0.05, 0) is 54.0 Å². The number of nitrogens with zero attached hydrogens (tertiary/aromatic N) is 1. The van der Waals surface area contributed by atoms with E-state index in [1.165, 1.54) is 10.5 Å². The maximum Gasteiger partial charge on any atom is 0.511 e. The van der Waals surface area contributed by atoms with E-state index in [1.54, 1.807) is 10.8 Å². The van der Waals surface area contributed by atoms with Gasteiger partial charge in [-0.2, -0.15) is 13.2 Å². The lowest BCUT2D eigenvalue weighted by molar-refractivity contribution is -0.0448. The number of benzene rings is 2. The Kier molecular flexibility index (Phi) is 5.06. The Labute approximate surface area is 166 Å². The number of hydrogen-bond acceptors (Lipinski definition) is 3. The van der Waals surface area contributed by atoms with Crippen LogP contribution in [0.1, 0.15) is 47.5 Å². The Hall–Kier alpha value is -2.13. The molecule has 156 valence electrons. The van der Waals surface area contributed by atoms with Gasteiger partial charge in [-0.15, -0.1) is 0 Å². The first kappa shape index (κ1) is 20.2. The molecule has 2 fully saturated rings. The fourth-order valence-electron chi connectivity index (χ4n) is 4.03. The zero-order valence-electron chi connectivity index (χ0n) is 15.6. The third kappa shape index (κ3) is 3.85. The molecule has 0 unspecified atom stereocenters. The van der Waals surface area contributed by atoms with E-state index in [1.807, 2.05) is 24.3 Å². The van der Waals surface area contributed by atoms with E-state index in [9.17, 15) is 26.4 Å². The van der Waals surface area contributed by atoms with Crippen LogP contribution in [0, 0.1) is 0 Å². The van der Waals surface area contributed by atoms with Crippen molar-refractivity contribution in [2.75, 3.05) is 13.1 Å². The fraction of sp³-hybridized carbons (Fsp3) is 0.450. The van der Waals surface area contributed by atoms with Gasteiger partial charge in [0.2, 0.25) is 0 Å². The molecule has 0 radical (unpaired) electrons. The van der Waals surface area contributed by atoms with Crippen LogP contribution in [0.25, 0.3) is 10.8 Å². The number of nitrogens with one attached hydrogen (secondary N) is 1. The third-order valence-electron chi connectivity index (χ3n) is 5.66. The Morgan fingerprint density at radius 3 is 2.45 bits per heavy atom. The molecule has 2 aromatic carbocycles. The normalized spacial score (nSPS) is 20.4. The highest BCUT2D eigenvalue weighted by atomic mass is 32.2. The monoisotopic (exact) mass is 426 g/mol. The van der Waals surface area contributed by atoms with E-state index in [-0.39, 0.29) is 5.91 Å². The van der Waals surface area contributed by atoms with Crippen molar-refractivity contribution in [2.45, 2.75) is 43.2 Å². The summed E-state index contributed by atoms with van der Waals surface area (Å²) >= 11 is 0. The fourth-order valence-corrected chi connectivity index (χ4v) is 4.60. The molecule has 2 aliphatic rings. The number of hydrogen-bond donors (Lipinski definition) is 1. The van der Waals surface area contributed by atoms with Crippen LogP contribution >= 0.6 is 0 Å². The maximum atomic E-state index is 13.2. The van der Waals surface area contributed by atoms with Gasteiger partial charge in [-0.3, -0.25) is 4.79 Å². The number of fused-ring (bicyclic) bond motifs is 1. The van der Waals surface area contributed by atoms with Crippen LogP contribution in [-0.4, -0.2) is 43.9 Å². The quantitative estimate of drug-likeness (QED) is 0.792. The topological polar surface area (TPSA) is 66.5 Å². The molecule has 0 aromatic heterocycles. The van der Waals surface area contributed by atoms with Crippen molar-refractivity contribution >= 4 is 26.7 Å². The minimum absolute atomic E-state index is 0.280.